The Hall–Kier alpha value is -1.84. The van der Waals surface area contributed by atoms with Gasteiger partial charge in [0.2, 0.25) is 0 Å². The van der Waals surface area contributed by atoms with Crippen molar-refractivity contribution in [2.24, 2.45) is 12.0 Å². The average molecular weight is 470 g/mol. The van der Waals surface area contributed by atoms with Gasteiger partial charge < -0.3 is 19.5 Å². The van der Waals surface area contributed by atoms with E-state index in [-0.39, 0.29) is 24.0 Å². The molecular weight excluding hydrogens is 443 g/mol. The van der Waals surface area contributed by atoms with Gasteiger partial charge in [0.25, 0.3) is 0 Å². The Balaban J connectivity index is 0.00000243. The Morgan fingerprint density at radius 3 is 2.62 bits per heavy atom. The molecule has 1 saturated heterocycles. The summed E-state index contributed by atoms with van der Waals surface area (Å²) in [5.74, 6) is 4.14. The first-order valence-electron chi connectivity index (χ1n) is 8.56. The van der Waals surface area contributed by atoms with Gasteiger partial charge >= 0.3 is 0 Å². The maximum Gasteiger partial charge on any atom is 0.194 e. The number of benzene rings is 1. The number of hydrogen-bond donors (Lipinski definition) is 1. The first kappa shape index (κ1) is 20.5. The number of aliphatic imine (C=N–C) groups is 1. The smallest absolute Gasteiger partial charge is 0.194 e. The first-order valence-corrected chi connectivity index (χ1v) is 8.56. The minimum Gasteiger partial charge on any atom is -0.497 e. The van der Waals surface area contributed by atoms with Crippen LogP contribution in [0.2, 0.25) is 0 Å². The molecule has 0 saturated carbocycles. The fraction of sp³-hybridized carbons (Fsp3) is 0.500. The standard InChI is InChI=1S/C18H26N6O.HI/c1-13-21-22-17(23(13)3)11-20-18(19-2)24-10-9-15(12-24)14-5-7-16(25-4)8-6-14;/h5-8,15H,9-12H2,1-4H3,(H,19,20);1H. The number of methoxy groups -OCH3 is 1. The third-order valence-corrected chi connectivity index (χ3v) is 4.87. The van der Waals surface area contributed by atoms with E-state index >= 15 is 0 Å². The summed E-state index contributed by atoms with van der Waals surface area (Å²) in [5, 5.41) is 11.7. The fourth-order valence-electron chi connectivity index (χ4n) is 3.20. The van der Waals surface area contributed by atoms with Gasteiger partial charge in [-0.15, -0.1) is 34.2 Å². The van der Waals surface area contributed by atoms with Crippen LogP contribution in [0.3, 0.4) is 0 Å². The van der Waals surface area contributed by atoms with Crippen molar-refractivity contribution < 1.29 is 4.74 Å². The molecule has 0 amide bonds. The summed E-state index contributed by atoms with van der Waals surface area (Å²) in [7, 11) is 5.50. The van der Waals surface area contributed by atoms with Gasteiger partial charge in [0, 0.05) is 33.1 Å². The number of nitrogens with one attached hydrogen (secondary N) is 1. The molecule has 1 aliphatic heterocycles. The van der Waals surface area contributed by atoms with Gasteiger partial charge in [-0.05, 0) is 31.0 Å². The number of halogens is 1. The molecule has 1 fully saturated rings. The second-order valence-electron chi connectivity index (χ2n) is 6.33. The lowest BCUT2D eigenvalue weighted by Crippen LogP contribution is -2.40. The Labute approximate surface area is 171 Å². The molecule has 3 rings (SSSR count). The third-order valence-electron chi connectivity index (χ3n) is 4.87. The van der Waals surface area contributed by atoms with E-state index in [0.717, 1.165) is 42.9 Å². The molecule has 8 heteroatoms. The van der Waals surface area contributed by atoms with Crippen molar-refractivity contribution in [3.05, 3.63) is 41.5 Å². The summed E-state index contributed by atoms with van der Waals surface area (Å²) in [6, 6.07) is 8.37. The van der Waals surface area contributed by atoms with Crippen LogP contribution in [0, 0.1) is 6.92 Å². The molecule has 1 aromatic heterocycles. The highest BCUT2D eigenvalue weighted by molar-refractivity contribution is 14.0. The molecule has 0 bridgehead atoms. The van der Waals surface area contributed by atoms with Crippen LogP contribution in [0.25, 0.3) is 0 Å². The molecular formula is C18H27IN6O. The molecule has 1 unspecified atom stereocenters. The van der Waals surface area contributed by atoms with Crippen LogP contribution in [0.4, 0.5) is 0 Å². The predicted octanol–water partition coefficient (Wildman–Crippen LogP) is 2.32. The van der Waals surface area contributed by atoms with Crippen LogP contribution in [-0.2, 0) is 13.6 Å². The summed E-state index contributed by atoms with van der Waals surface area (Å²) in [6.45, 7) is 4.52. The quantitative estimate of drug-likeness (QED) is 0.422. The van der Waals surface area contributed by atoms with Crippen molar-refractivity contribution in [3.8, 4) is 5.75 Å². The van der Waals surface area contributed by atoms with Crippen LogP contribution < -0.4 is 10.1 Å². The highest BCUT2D eigenvalue weighted by Gasteiger charge is 2.26. The van der Waals surface area contributed by atoms with E-state index in [1.54, 1.807) is 7.11 Å². The maximum atomic E-state index is 5.24. The van der Waals surface area contributed by atoms with E-state index in [1.807, 2.05) is 37.7 Å². The molecule has 1 atom stereocenters. The van der Waals surface area contributed by atoms with Gasteiger partial charge in [-0.2, -0.15) is 0 Å². The molecule has 0 radical (unpaired) electrons. The van der Waals surface area contributed by atoms with Crippen molar-refractivity contribution >= 4 is 29.9 Å². The highest BCUT2D eigenvalue weighted by Crippen LogP contribution is 2.28. The van der Waals surface area contributed by atoms with E-state index in [0.29, 0.717) is 12.5 Å². The predicted molar refractivity (Wildman–Crippen MR) is 113 cm³/mol. The number of aromatic nitrogens is 3. The van der Waals surface area contributed by atoms with Crippen LogP contribution in [0.1, 0.15) is 29.6 Å². The van der Waals surface area contributed by atoms with Crippen molar-refractivity contribution in [1.82, 2.24) is 25.0 Å². The van der Waals surface area contributed by atoms with Gasteiger partial charge in [-0.3, -0.25) is 4.99 Å². The van der Waals surface area contributed by atoms with Gasteiger partial charge in [0.05, 0.1) is 13.7 Å². The second-order valence-corrected chi connectivity index (χ2v) is 6.33. The van der Waals surface area contributed by atoms with Crippen LogP contribution >= 0.6 is 24.0 Å². The third kappa shape index (κ3) is 4.46. The van der Waals surface area contributed by atoms with Gasteiger partial charge in [0.1, 0.15) is 11.6 Å². The zero-order valence-corrected chi connectivity index (χ0v) is 18.1. The van der Waals surface area contributed by atoms with E-state index in [2.05, 4.69) is 37.5 Å². The number of hydrogen-bond acceptors (Lipinski definition) is 4. The van der Waals surface area contributed by atoms with Crippen molar-refractivity contribution in [2.75, 3.05) is 27.2 Å². The van der Waals surface area contributed by atoms with Crippen LogP contribution in [0.5, 0.6) is 5.75 Å². The average Bonchev–Trinajstić information content (AvgIpc) is 3.25. The lowest BCUT2D eigenvalue weighted by Gasteiger charge is -2.21. The lowest BCUT2D eigenvalue weighted by atomic mass is 9.98. The first-order chi connectivity index (χ1) is 12.1. The molecule has 2 heterocycles. The zero-order valence-electron chi connectivity index (χ0n) is 15.8. The van der Waals surface area contributed by atoms with E-state index in [4.69, 9.17) is 4.74 Å². The Morgan fingerprint density at radius 2 is 2.04 bits per heavy atom. The molecule has 0 aliphatic carbocycles. The van der Waals surface area contributed by atoms with Gasteiger partial charge in [-0.25, -0.2) is 0 Å². The number of nitrogens with zero attached hydrogens (tertiary/aromatic N) is 5. The minimum absolute atomic E-state index is 0. The largest absolute Gasteiger partial charge is 0.497 e. The van der Waals surface area contributed by atoms with Crippen molar-refractivity contribution in [3.63, 3.8) is 0 Å². The van der Waals surface area contributed by atoms with Crippen LogP contribution in [0.15, 0.2) is 29.3 Å². The fourth-order valence-corrected chi connectivity index (χ4v) is 3.20. The molecule has 1 aromatic carbocycles. The molecule has 0 spiro atoms. The van der Waals surface area contributed by atoms with Gasteiger partial charge in [0.15, 0.2) is 11.8 Å². The number of likely N-dealkylation sites (tertiary alicyclic amines) is 1. The van der Waals surface area contributed by atoms with E-state index < -0.39 is 0 Å². The molecule has 1 N–H and O–H groups in total. The summed E-state index contributed by atoms with van der Waals surface area (Å²) in [5.41, 5.74) is 1.35. The van der Waals surface area contributed by atoms with Crippen molar-refractivity contribution in [2.45, 2.75) is 25.8 Å². The summed E-state index contributed by atoms with van der Waals surface area (Å²) in [6.07, 6.45) is 1.12. The molecule has 26 heavy (non-hydrogen) atoms. The summed E-state index contributed by atoms with van der Waals surface area (Å²) >= 11 is 0. The molecule has 7 nitrogen and oxygen atoms in total. The monoisotopic (exact) mass is 470 g/mol. The topological polar surface area (TPSA) is 67.6 Å². The highest BCUT2D eigenvalue weighted by atomic mass is 127. The Kier molecular flexibility index (Phi) is 7.24. The van der Waals surface area contributed by atoms with Crippen molar-refractivity contribution in [1.29, 1.82) is 0 Å². The SMILES string of the molecule is CN=C(NCc1nnc(C)n1C)N1CCC(c2ccc(OC)cc2)C1.I. The number of guanidine groups is 1. The minimum atomic E-state index is 0. The summed E-state index contributed by atoms with van der Waals surface area (Å²) in [4.78, 5) is 6.73. The van der Waals surface area contributed by atoms with Crippen LogP contribution in [-0.4, -0.2) is 52.9 Å². The van der Waals surface area contributed by atoms with E-state index in [1.165, 1.54) is 5.56 Å². The van der Waals surface area contributed by atoms with Gasteiger partial charge in [-0.1, -0.05) is 12.1 Å². The Morgan fingerprint density at radius 1 is 1.31 bits per heavy atom. The lowest BCUT2D eigenvalue weighted by molar-refractivity contribution is 0.414. The second kappa shape index (κ2) is 9.20. The number of ether oxygens (including phenoxy) is 1. The molecule has 2 aromatic rings. The number of aryl methyl sites for hydroxylation is 1. The molecule has 1 aliphatic rings. The zero-order chi connectivity index (χ0) is 17.8. The normalized spacial score (nSPS) is 17.2. The maximum absolute atomic E-state index is 5.24. The molecule has 142 valence electrons. The Bertz CT molecular complexity index is 743. The van der Waals surface area contributed by atoms with E-state index in [9.17, 15) is 0 Å². The number of rotatable bonds is 4. The summed E-state index contributed by atoms with van der Waals surface area (Å²) < 4.78 is 7.23.